The molecule has 1 fully saturated rings. The minimum absolute atomic E-state index is 0.0404. The minimum Gasteiger partial charge on any atom is -0.454 e. The van der Waals surface area contributed by atoms with Crippen LogP contribution in [0.15, 0.2) is 53.4 Å². The predicted octanol–water partition coefficient (Wildman–Crippen LogP) is 2.46. The molecule has 2 aromatic rings. The molecule has 0 bridgehead atoms. The highest BCUT2D eigenvalue weighted by Crippen LogP contribution is 2.26. The van der Waals surface area contributed by atoms with E-state index in [0.29, 0.717) is 12.8 Å². The van der Waals surface area contributed by atoms with Gasteiger partial charge in [-0.15, -0.1) is 0 Å². The Balaban J connectivity index is 1.66. The fraction of sp³-hybridized carbons (Fsp3) is 0.300. The maximum atomic E-state index is 13.8. The molecule has 1 aliphatic rings. The van der Waals surface area contributed by atoms with Crippen molar-refractivity contribution in [2.75, 3.05) is 18.5 Å². The van der Waals surface area contributed by atoms with Crippen LogP contribution in [0.25, 0.3) is 0 Å². The van der Waals surface area contributed by atoms with Gasteiger partial charge in [-0.1, -0.05) is 18.2 Å². The molecule has 0 radical (unpaired) electrons. The second kappa shape index (κ2) is 9.83. The Hall–Kier alpha value is -3.38. The molecule has 170 valence electrons. The van der Waals surface area contributed by atoms with Crippen molar-refractivity contribution in [2.45, 2.75) is 30.2 Å². The number of nitrogens with zero attached hydrogens (tertiary/aromatic N) is 2. The van der Waals surface area contributed by atoms with E-state index < -0.39 is 56.7 Å². The summed E-state index contributed by atoms with van der Waals surface area (Å²) >= 11 is 0. The average Bonchev–Trinajstić information content (AvgIpc) is 2.79. The summed E-state index contributed by atoms with van der Waals surface area (Å²) in [5.41, 5.74) is -0.867. The van der Waals surface area contributed by atoms with Crippen LogP contribution in [0.4, 0.5) is 15.8 Å². The number of nitro groups is 1. The van der Waals surface area contributed by atoms with E-state index in [4.69, 9.17) is 4.74 Å². The van der Waals surface area contributed by atoms with Gasteiger partial charge >= 0.3 is 5.97 Å². The molecule has 1 aliphatic heterocycles. The third-order valence-electron chi connectivity index (χ3n) is 4.86. The first-order valence-electron chi connectivity index (χ1n) is 9.67. The monoisotopic (exact) mass is 465 g/mol. The number of hydrogen-bond acceptors (Lipinski definition) is 7. The third-order valence-corrected chi connectivity index (χ3v) is 6.78. The van der Waals surface area contributed by atoms with Crippen LogP contribution >= 0.6 is 0 Å². The summed E-state index contributed by atoms with van der Waals surface area (Å²) in [7, 11) is -3.94. The standard InChI is InChI=1S/C20H20FN3O7S/c21-16-10-9-14(24(27)28)12-17(16)22-19(25)13-31-20(26)18-8-4-5-11-23(18)32(29,30)15-6-2-1-3-7-15/h1-3,6-7,9-10,12,18H,4-5,8,11,13H2,(H,22,25). The Morgan fingerprint density at radius 2 is 1.91 bits per heavy atom. The van der Waals surface area contributed by atoms with Crippen LogP contribution in [0, 0.1) is 15.9 Å². The number of hydrogen-bond donors (Lipinski definition) is 1. The van der Waals surface area contributed by atoms with E-state index in [-0.39, 0.29) is 17.9 Å². The van der Waals surface area contributed by atoms with Gasteiger partial charge < -0.3 is 10.1 Å². The van der Waals surface area contributed by atoms with Gasteiger partial charge in [-0.3, -0.25) is 19.7 Å². The lowest BCUT2D eigenvalue weighted by Gasteiger charge is -2.32. The van der Waals surface area contributed by atoms with Gasteiger partial charge in [-0.2, -0.15) is 4.31 Å². The minimum atomic E-state index is -3.94. The lowest BCUT2D eigenvalue weighted by atomic mass is 10.1. The van der Waals surface area contributed by atoms with E-state index in [9.17, 15) is 32.5 Å². The lowest BCUT2D eigenvalue weighted by Crippen LogP contribution is -2.48. The van der Waals surface area contributed by atoms with Gasteiger partial charge in [0, 0.05) is 18.7 Å². The Bertz CT molecular complexity index is 1130. The third kappa shape index (κ3) is 5.26. The Morgan fingerprint density at radius 3 is 2.59 bits per heavy atom. The number of sulfonamides is 1. The number of ether oxygens (including phenoxy) is 1. The van der Waals surface area contributed by atoms with E-state index in [1.165, 1.54) is 12.1 Å². The number of esters is 1. The Morgan fingerprint density at radius 1 is 1.19 bits per heavy atom. The number of halogens is 1. The fourth-order valence-corrected chi connectivity index (χ4v) is 4.97. The highest BCUT2D eigenvalue weighted by molar-refractivity contribution is 7.89. The molecule has 2 aromatic carbocycles. The molecular weight excluding hydrogens is 445 g/mol. The molecule has 0 aromatic heterocycles. The second-order valence-electron chi connectivity index (χ2n) is 7.02. The molecule has 12 heteroatoms. The molecule has 1 N–H and O–H groups in total. The Labute approximate surface area is 183 Å². The molecule has 1 heterocycles. The second-order valence-corrected chi connectivity index (χ2v) is 8.91. The van der Waals surface area contributed by atoms with Gasteiger partial charge in [0.2, 0.25) is 10.0 Å². The first-order chi connectivity index (χ1) is 15.2. The lowest BCUT2D eigenvalue weighted by molar-refractivity contribution is -0.384. The van der Waals surface area contributed by atoms with Gasteiger partial charge in [0.15, 0.2) is 6.61 Å². The number of rotatable bonds is 7. The molecule has 3 rings (SSSR count). The topological polar surface area (TPSA) is 136 Å². The van der Waals surface area contributed by atoms with Crippen LogP contribution in [-0.4, -0.2) is 48.7 Å². The van der Waals surface area contributed by atoms with Gasteiger partial charge in [0.1, 0.15) is 11.9 Å². The van der Waals surface area contributed by atoms with Crippen LogP contribution in [0.3, 0.4) is 0 Å². The molecular formula is C20H20FN3O7S. The highest BCUT2D eigenvalue weighted by atomic mass is 32.2. The quantitative estimate of drug-likeness (QED) is 0.377. The number of piperidine rings is 1. The van der Waals surface area contributed by atoms with Crippen molar-refractivity contribution < 1.29 is 32.1 Å². The van der Waals surface area contributed by atoms with E-state index in [1.807, 2.05) is 0 Å². The summed E-state index contributed by atoms with van der Waals surface area (Å²) in [6, 6.07) is 9.17. The maximum absolute atomic E-state index is 13.8. The molecule has 1 unspecified atom stereocenters. The number of benzene rings is 2. The first kappa shape index (κ1) is 23.3. The number of amides is 1. The summed E-state index contributed by atoms with van der Waals surface area (Å²) in [5, 5.41) is 12.9. The number of non-ortho nitro benzene ring substituents is 1. The van der Waals surface area contributed by atoms with Crippen LogP contribution in [0.1, 0.15) is 19.3 Å². The zero-order chi connectivity index (χ0) is 23.3. The molecule has 1 atom stereocenters. The van der Waals surface area contributed by atoms with E-state index in [1.54, 1.807) is 18.2 Å². The Kier molecular flexibility index (Phi) is 7.15. The smallest absolute Gasteiger partial charge is 0.324 e. The van der Waals surface area contributed by atoms with E-state index in [2.05, 4.69) is 5.32 Å². The fourth-order valence-electron chi connectivity index (χ4n) is 3.30. The van der Waals surface area contributed by atoms with Crippen LogP contribution in [0.2, 0.25) is 0 Å². The van der Waals surface area contributed by atoms with Crippen molar-refractivity contribution in [1.82, 2.24) is 4.31 Å². The first-order valence-corrected chi connectivity index (χ1v) is 11.1. The summed E-state index contributed by atoms with van der Waals surface area (Å²) < 4.78 is 45.7. The molecule has 0 spiro atoms. The van der Waals surface area contributed by atoms with Gasteiger partial charge in [0.05, 0.1) is 15.5 Å². The summed E-state index contributed by atoms with van der Waals surface area (Å²) in [4.78, 5) is 34.8. The largest absolute Gasteiger partial charge is 0.454 e. The van der Waals surface area contributed by atoms with E-state index in [0.717, 1.165) is 22.5 Å². The summed E-state index contributed by atoms with van der Waals surface area (Å²) in [5.74, 6) is -2.73. The van der Waals surface area contributed by atoms with Crippen molar-refractivity contribution >= 4 is 33.3 Å². The van der Waals surface area contributed by atoms with Crippen LogP contribution in [0.5, 0.6) is 0 Å². The number of carbonyl (C=O) groups excluding carboxylic acids is 2. The normalized spacial score (nSPS) is 16.8. The SMILES string of the molecule is O=C(COC(=O)C1CCCCN1S(=O)(=O)c1ccccc1)Nc1cc([N+](=O)[O-])ccc1F. The molecule has 1 amide bonds. The van der Waals surface area contributed by atoms with Gasteiger partial charge in [0.25, 0.3) is 11.6 Å². The number of nitro benzene ring substituents is 1. The molecule has 10 nitrogen and oxygen atoms in total. The average molecular weight is 465 g/mol. The van der Waals surface area contributed by atoms with Crippen LogP contribution in [-0.2, 0) is 24.3 Å². The van der Waals surface area contributed by atoms with Crippen molar-refractivity contribution in [3.05, 3.63) is 64.5 Å². The maximum Gasteiger partial charge on any atom is 0.324 e. The number of nitrogens with one attached hydrogen (secondary N) is 1. The summed E-state index contributed by atoms with van der Waals surface area (Å²) in [6.45, 7) is -0.682. The summed E-state index contributed by atoms with van der Waals surface area (Å²) in [6.07, 6.45) is 1.40. The highest BCUT2D eigenvalue weighted by Gasteiger charge is 2.38. The zero-order valence-corrected chi connectivity index (χ0v) is 17.6. The van der Waals surface area contributed by atoms with E-state index >= 15 is 0 Å². The van der Waals surface area contributed by atoms with Gasteiger partial charge in [-0.25, -0.2) is 12.8 Å². The van der Waals surface area contributed by atoms with Crippen molar-refractivity contribution in [1.29, 1.82) is 0 Å². The number of anilines is 1. The van der Waals surface area contributed by atoms with Crippen molar-refractivity contribution in [3.8, 4) is 0 Å². The molecule has 1 saturated heterocycles. The predicted molar refractivity (Wildman–Crippen MR) is 111 cm³/mol. The van der Waals surface area contributed by atoms with Gasteiger partial charge in [-0.05, 0) is 37.5 Å². The zero-order valence-electron chi connectivity index (χ0n) is 16.8. The molecule has 32 heavy (non-hydrogen) atoms. The number of carbonyl (C=O) groups is 2. The molecule has 0 aliphatic carbocycles. The molecule has 0 saturated carbocycles. The van der Waals surface area contributed by atoms with Crippen LogP contribution < -0.4 is 5.32 Å². The van der Waals surface area contributed by atoms with Crippen molar-refractivity contribution in [2.24, 2.45) is 0 Å². The van der Waals surface area contributed by atoms with Crippen molar-refractivity contribution in [3.63, 3.8) is 0 Å².